The van der Waals surface area contributed by atoms with Crippen molar-refractivity contribution in [2.24, 2.45) is 0 Å². The predicted octanol–water partition coefficient (Wildman–Crippen LogP) is 2.38. The highest BCUT2D eigenvalue weighted by molar-refractivity contribution is 5.81. The number of nitrogens with zero attached hydrogens (tertiary/aromatic N) is 6. The van der Waals surface area contributed by atoms with Gasteiger partial charge in [0, 0.05) is 18.7 Å². The van der Waals surface area contributed by atoms with Gasteiger partial charge in [0.1, 0.15) is 12.2 Å². The average Bonchev–Trinajstić information content (AvgIpc) is 3.29. The zero-order valence-corrected chi connectivity index (χ0v) is 14.6. The number of para-hydroxylation sites is 2. The van der Waals surface area contributed by atoms with Crippen LogP contribution in [0.5, 0.6) is 0 Å². The minimum Gasteiger partial charge on any atom is -0.337 e. The number of fused-ring (bicyclic) bond motifs is 1. The molecular formula is C20H18N6O. The van der Waals surface area contributed by atoms with E-state index in [0.29, 0.717) is 19.6 Å². The molecule has 0 N–H and O–H groups in total. The fourth-order valence-corrected chi connectivity index (χ4v) is 3.40. The molecule has 1 fully saturated rings. The number of hydrogen-bond acceptors (Lipinski definition) is 4. The highest BCUT2D eigenvalue weighted by atomic mass is 16.2. The lowest BCUT2D eigenvalue weighted by atomic mass is 10.1. The molecule has 2 aromatic heterocycles. The van der Waals surface area contributed by atoms with Crippen LogP contribution in [-0.4, -0.2) is 48.4 Å². The van der Waals surface area contributed by atoms with Gasteiger partial charge in [-0.05, 0) is 12.1 Å². The Hall–Kier alpha value is -3.48. The molecule has 0 radical (unpaired) electrons. The van der Waals surface area contributed by atoms with Crippen molar-refractivity contribution in [2.45, 2.75) is 12.6 Å². The Labute approximate surface area is 155 Å². The van der Waals surface area contributed by atoms with E-state index in [4.69, 9.17) is 0 Å². The van der Waals surface area contributed by atoms with E-state index in [0.717, 1.165) is 22.3 Å². The highest BCUT2D eigenvalue weighted by Gasteiger charge is 2.32. The summed E-state index contributed by atoms with van der Waals surface area (Å²) in [7, 11) is 0. The third-order valence-corrected chi connectivity index (χ3v) is 5.00. The maximum atomic E-state index is 12.6. The Kier molecular flexibility index (Phi) is 3.71. The number of hydrogen-bond donors (Lipinski definition) is 0. The van der Waals surface area contributed by atoms with Gasteiger partial charge in [-0.3, -0.25) is 4.79 Å². The minimum atomic E-state index is 0.0952. The molecule has 1 aliphatic rings. The number of benzene rings is 2. The third kappa shape index (κ3) is 2.87. The first kappa shape index (κ1) is 15.7. The summed E-state index contributed by atoms with van der Waals surface area (Å²) in [4.78, 5) is 18.8. The van der Waals surface area contributed by atoms with E-state index in [2.05, 4.69) is 15.3 Å². The maximum absolute atomic E-state index is 12.6. The molecule has 0 atom stereocenters. The summed E-state index contributed by atoms with van der Waals surface area (Å²) in [5.74, 6) is 0.0952. The van der Waals surface area contributed by atoms with Gasteiger partial charge in [-0.15, -0.1) is 5.10 Å². The summed E-state index contributed by atoms with van der Waals surface area (Å²) >= 11 is 0. The van der Waals surface area contributed by atoms with E-state index < -0.39 is 0 Å². The first-order valence-electron chi connectivity index (χ1n) is 8.93. The zero-order chi connectivity index (χ0) is 18.2. The summed E-state index contributed by atoms with van der Waals surface area (Å²) in [6, 6.07) is 18.0. The molecule has 0 unspecified atom stereocenters. The number of rotatable bonds is 4. The largest absolute Gasteiger partial charge is 0.337 e. The van der Waals surface area contributed by atoms with E-state index in [1.807, 2.05) is 74.9 Å². The molecule has 1 saturated heterocycles. The van der Waals surface area contributed by atoms with Crippen molar-refractivity contribution in [1.82, 2.24) is 29.4 Å². The van der Waals surface area contributed by atoms with Gasteiger partial charge in [-0.2, -0.15) is 0 Å². The predicted molar refractivity (Wildman–Crippen MR) is 101 cm³/mol. The van der Waals surface area contributed by atoms with Crippen LogP contribution in [0.3, 0.4) is 0 Å². The summed E-state index contributed by atoms with van der Waals surface area (Å²) < 4.78 is 3.76. The standard InChI is InChI=1S/C20H18N6O/c27-20(13-25-14-21-17-8-4-5-9-19(17)25)24-10-16(11-24)26-12-18(22-23-26)15-6-2-1-3-7-15/h1-9,12,14,16H,10-11,13H2. The quantitative estimate of drug-likeness (QED) is 0.562. The molecule has 5 rings (SSSR count). The molecule has 0 aliphatic carbocycles. The normalized spacial score (nSPS) is 14.4. The molecule has 2 aromatic carbocycles. The number of carbonyl (C=O) groups is 1. The fraction of sp³-hybridized carbons (Fsp3) is 0.200. The van der Waals surface area contributed by atoms with E-state index in [1.165, 1.54) is 0 Å². The Bertz CT molecular complexity index is 1090. The van der Waals surface area contributed by atoms with Crippen LogP contribution in [-0.2, 0) is 11.3 Å². The maximum Gasteiger partial charge on any atom is 0.242 e. The highest BCUT2D eigenvalue weighted by Crippen LogP contribution is 2.24. The van der Waals surface area contributed by atoms with Crippen LogP contribution in [0.2, 0.25) is 0 Å². The molecule has 3 heterocycles. The van der Waals surface area contributed by atoms with Gasteiger partial charge in [0.05, 0.1) is 29.6 Å². The second-order valence-corrected chi connectivity index (χ2v) is 6.76. The molecule has 0 saturated carbocycles. The van der Waals surface area contributed by atoms with E-state index in [-0.39, 0.29) is 11.9 Å². The zero-order valence-electron chi connectivity index (χ0n) is 14.6. The first-order valence-corrected chi connectivity index (χ1v) is 8.93. The van der Waals surface area contributed by atoms with Crippen molar-refractivity contribution in [2.75, 3.05) is 13.1 Å². The Morgan fingerprint density at radius 3 is 2.67 bits per heavy atom. The minimum absolute atomic E-state index is 0.0952. The van der Waals surface area contributed by atoms with Crippen molar-refractivity contribution < 1.29 is 4.79 Å². The number of amides is 1. The average molecular weight is 358 g/mol. The molecule has 4 aromatic rings. The van der Waals surface area contributed by atoms with Gasteiger partial charge in [0.25, 0.3) is 0 Å². The molecule has 1 aliphatic heterocycles. The van der Waals surface area contributed by atoms with Crippen molar-refractivity contribution >= 4 is 16.9 Å². The van der Waals surface area contributed by atoms with Gasteiger partial charge in [-0.25, -0.2) is 9.67 Å². The first-order chi connectivity index (χ1) is 13.3. The molecule has 7 heteroatoms. The molecule has 0 spiro atoms. The molecule has 0 bridgehead atoms. The van der Waals surface area contributed by atoms with Crippen molar-refractivity contribution in [3.05, 3.63) is 67.1 Å². The summed E-state index contributed by atoms with van der Waals surface area (Å²) in [5.41, 5.74) is 3.78. The van der Waals surface area contributed by atoms with Gasteiger partial charge >= 0.3 is 0 Å². The van der Waals surface area contributed by atoms with E-state index in [9.17, 15) is 4.79 Å². The van der Waals surface area contributed by atoms with Crippen molar-refractivity contribution in [3.63, 3.8) is 0 Å². The number of likely N-dealkylation sites (tertiary alicyclic amines) is 1. The lowest BCUT2D eigenvalue weighted by Crippen LogP contribution is -2.51. The van der Waals surface area contributed by atoms with Gasteiger partial charge in [0.15, 0.2) is 0 Å². The lowest BCUT2D eigenvalue weighted by molar-refractivity contribution is -0.137. The second-order valence-electron chi connectivity index (χ2n) is 6.76. The van der Waals surface area contributed by atoms with Crippen LogP contribution >= 0.6 is 0 Å². The Balaban J connectivity index is 1.23. The van der Waals surface area contributed by atoms with Crippen molar-refractivity contribution in [1.29, 1.82) is 0 Å². The fourth-order valence-electron chi connectivity index (χ4n) is 3.40. The smallest absolute Gasteiger partial charge is 0.242 e. The molecular weight excluding hydrogens is 340 g/mol. The number of imidazole rings is 1. The Morgan fingerprint density at radius 2 is 1.81 bits per heavy atom. The number of aromatic nitrogens is 5. The van der Waals surface area contributed by atoms with Gasteiger partial charge in [0.2, 0.25) is 5.91 Å². The van der Waals surface area contributed by atoms with Gasteiger partial charge < -0.3 is 9.47 Å². The van der Waals surface area contributed by atoms with Crippen LogP contribution in [0, 0.1) is 0 Å². The molecule has 7 nitrogen and oxygen atoms in total. The van der Waals surface area contributed by atoms with Crippen LogP contribution in [0.1, 0.15) is 6.04 Å². The van der Waals surface area contributed by atoms with Crippen LogP contribution in [0.4, 0.5) is 0 Å². The summed E-state index contributed by atoms with van der Waals surface area (Å²) in [6.45, 7) is 1.62. The third-order valence-electron chi connectivity index (χ3n) is 5.00. The monoisotopic (exact) mass is 358 g/mol. The molecule has 1 amide bonds. The van der Waals surface area contributed by atoms with E-state index in [1.54, 1.807) is 6.33 Å². The van der Waals surface area contributed by atoms with Crippen LogP contribution in [0.25, 0.3) is 22.3 Å². The van der Waals surface area contributed by atoms with Crippen molar-refractivity contribution in [3.8, 4) is 11.3 Å². The topological polar surface area (TPSA) is 68.8 Å². The SMILES string of the molecule is O=C(Cn1cnc2ccccc21)N1CC(n2cc(-c3ccccc3)nn2)C1. The second kappa shape index (κ2) is 6.35. The number of carbonyl (C=O) groups excluding carboxylic acids is 1. The Morgan fingerprint density at radius 1 is 1.04 bits per heavy atom. The summed E-state index contributed by atoms with van der Waals surface area (Å²) in [5, 5.41) is 8.49. The van der Waals surface area contributed by atoms with Gasteiger partial charge in [-0.1, -0.05) is 47.7 Å². The lowest BCUT2D eigenvalue weighted by Gasteiger charge is -2.38. The van der Waals surface area contributed by atoms with Crippen LogP contribution in [0.15, 0.2) is 67.1 Å². The molecule has 27 heavy (non-hydrogen) atoms. The van der Waals surface area contributed by atoms with E-state index >= 15 is 0 Å². The summed E-state index contributed by atoms with van der Waals surface area (Å²) in [6.07, 6.45) is 3.68. The molecule has 134 valence electrons. The van der Waals surface area contributed by atoms with Crippen LogP contribution < -0.4 is 0 Å².